The number of benzene rings is 2. The van der Waals surface area contributed by atoms with Gasteiger partial charge in [0, 0.05) is 12.5 Å². The minimum absolute atomic E-state index is 0.00210. The third kappa shape index (κ3) is 3.04. The predicted molar refractivity (Wildman–Crippen MR) is 88.4 cm³/mol. The molecule has 1 aliphatic rings. The Labute approximate surface area is 131 Å². The van der Waals surface area contributed by atoms with Gasteiger partial charge in [-0.1, -0.05) is 36.4 Å². The van der Waals surface area contributed by atoms with E-state index in [4.69, 9.17) is 4.74 Å². The molecule has 2 aromatic carbocycles. The molecule has 2 aromatic rings. The fourth-order valence-electron chi connectivity index (χ4n) is 2.94. The average molecular weight is 295 g/mol. The summed E-state index contributed by atoms with van der Waals surface area (Å²) in [6.07, 6.45) is 0.770. The van der Waals surface area contributed by atoms with Gasteiger partial charge in [-0.15, -0.1) is 0 Å². The van der Waals surface area contributed by atoms with Crippen molar-refractivity contribution in [3.63, 3.8) is 0 Å². The molecule has 0 spiro atoms. The van der Waals surface area contributed by atoms with Crippen molar-refractivity contribution in [2.45, 2.75) is 6.42 Å². The predicted octanol–water partition coefficient (Wildman–Crippen LogP) is 3.50. The zero-order chi connectivity index (χ0) is 15.5. The number of carbonyl (C=O) groups is 1. The van der Waals surface area contributed by atoms with Crippen molar-refractivity contribution in [2.24, 2.45) is 5.92 Å². The maximum Gasteiger partial charge on any atom is 0.171 e. The van der Waals surface area contributed by atoms with Gasteiger partial charge in [0.25, 0.3) is 0 Å². The van der Waals surface area contributed by atoms with Crippen LogP contribution in [0.5, 0.6) is 5.75 Å². The van der Waals surface area contributed by atoms with Crippen LogP contribution in [0.4, 0.5) is 0 Å². The molecule has 0 fully saturated rings. The van der Waals surface area contributed by atoms with E-state index in [0.29, 0.717) is 17.9 Å². The van der Waals surface area contributed by atoms with Crippen LogP contribution in [0.1, 0.15) is 16.8 Å². The molecule has 3 heteroatoms. The highest BCUT2D eigenvalue weighted by atomic mass is 16.5. The van der Waals surface area contributed by atoms with Crippen molar-refractivity contribution < 1.29 is 9.53 Å². The second kappa shape index (κ2) is 6.32. The lowest BCUT2D eigenvalue weighted by atomic mass is 9.92. The molecule has 0 bridgehead atoms. The van der Waals surface area contributed by atoms with Gasteiger partial charge in [-0.25, -0.2) is 0 Å². The van der Waals surface area contributed by atoms with E-state index in [1.54, 1.807) is 0 Å². The largest absolute Gasteiger partial charge is 0.493 e. The van der Waals surface area contributed by atoms with E-state index in [9.17, 15) is 4.79 Å². The van der Waals surface area contributed by atoms with Crippen LogP contribution < -0.4 is 4.74 Å². The van der Waals surface area contributed by atoms with Crippen LogP contribution in [-0.2, 0) is 0 Å². The number of ether oxygens (including phenoxy) is 1. The highest BCUT2D eigenvalue weighted by molar-refractivity contribution is 6.01. The van der Waals surface area contributed by atoms with Crippen LogP contribution in [0, 0.1) is 5.92 Å². The molecule has 0 saturated carbocycles. The second-order valence-corrected chi connectivity index (χ2v) is 6.04. The first-order valence-electron chi connectivity index (χ1n) is 7.66. The molecule has 0 aromatic heterocycles. The van der Waals surface area contributed by atoms with Gasteiger partial charge in [0.2, 0.25) is 0 Å². The maximum atomic E-state index is 12.8. The Morgan fingerprint density at radius 1 is 1.09 bits per heavy atom. The number of nitrogens with zero attached hydrogens (tertiary/aromatic N) is 1. The van der Waals surface area contributed by atoms with E-state index in [1.165, 1.54) is 0 Å². The van der Waals surface area contributed by atoms with Crippen molar-refractivity contribution in [1.29, 1.82) is 0 Å². The van der Waals surface area contributed by atoms with Crippen LogP contribution in [0.25, 0.3) is 11.1 Å². The fourth-order valence-corrected chi connectivity index (χ4v) is 2.94. The van der Waals surface area contributed by atoms with Crippen molar-refractivity contribution in [2.75, 3.05) is 27.2 Å². The number of ketones is 1. The molecule has 114 valence electrons. The Morgan fingerprint density at radius 2 is 1.86 bits per heavy atom. The lowest BCUT2D eigenvalue weighted by Gasteiger charge is -2.17. The number of hydrogen-bond donors (Lipinski definition) is 0. The molecular formula is C19H21NO2. The highest BCUT2D eigenvalue weighted by Crippen LogP contribution is 2.31. The van der Waals surface area contributed by atoms with Crippen molar-refractivity contribution in [3.05, 3.63) is 54.1 Å². The van der Waals surface area contributed by atoms with E-state index in [-0.39, 0.29) is 11.7 Å². The van der Waals surface area contributed by atoms with E-state index in [0.717, 1.165) is 24.1 Å². The van der Waals surface area contributed by atoms with Gasteiger partial charge in [-0.05, 0) is 43.8 Å². The number of hydrogen-bond acceptors (Lipinski definition) is 3. The van der Waals surface area contributed by atoms with Crippen molar-refractivity contribution in [1.82, 2.24) is 4.90 Å². The van der Waals surface area contributed by atoms with Gasteiger partial charge in [0.15, 0.2) is 5.78 Å². The van der Waals surface area contributed by atoms with Gasteiger partial charge in [0.05, 0.1) is 12.2 Å². The minimum Gasteiger partial charge on any atom is -0.493 e. The summed E-state index contributed by atoms with van der Waals surface area (Å²) in [6, 6.07) is 16.0. The summed E-state index contributed by atoms with van der Waals surface area (Å²) in [4.78, 5) is 14.9. The summed E-state index contributed by atoms with van der Waals surface area (Å²) in [5.74, 6) is 0.909. The molecule has 22 heavy (non-hydrogen) atoms. The lowest BCUT2D eigenvalue weighted by Crippen LogP contribution is -2.28. The zero-order valence-electron chi connectivity index (χ0n) is 13.1. The number of fused-ring (bicyclic) bond motifs is 1. The minimum atomic E-state index is 0.00210. The van der Waals surface area contributed by atoms with Gasteiger partial charge >= 0.3 is 0 Å². The summed E-state index contributed by atoms with van der Waals surface area (Å²) < 4.78 is 5.78. The third-order valence-electron chi connectivity index (χ3n) is 4.03. The standard InChI is InChI=1S/C19H21NO2/c1-20(2)13-16-10-11-22-18-9-8-15(12-17(18)19(16)21)14-6-4-3-5-7-14/h3-9,12,16H,10-11,13H2,1-2H3. The first kappa shape index (κ1) is 14.8. The Morgan fingerprint density at radius 3 is 2.59 bits per heavy atom. The molecule has 0 radical (unpaired) electrons. The summed E-state index contributed by atoms with van der Waals surface area (Å²) in [5, 5.41) is 0. The molecule has 0 saturated heterocycles. The molecule has 1 heterocycles. The maximum absolute atomic E-state index is 12.8. The summed E-state index contributed by atoms with van der Waals surface area (Å²) in [5.41, 5.74) is 2.89. The summed E-state index contributed by atoms with van der Waals surface area (Å²) >= 11 is 0. The molecule has 1 aliphatic heterocycles. The van der Waals surface area contributed by atoms with Gasteiger partial charge < -0.3 is 9.64 Å². The molecule has 0 aliphatic carbocycles. The first-order valence-corrected chi connectivity index (χ1v) is 7.66. The molecule has 3 rings (SSSR count). The van der Waals surface area contributed by atoms with E-state index < -0.39 is 0 Å². The summed E-state index contributed by atoms with van der Waals surface area (Å²) in [7, 11) is 4.00. The van der Waals surface area contributed by atoms with Gasteiger partial charge in [-0.3, -0.25) is 4.79 Å². The van der Waals surface area contributed by atoms with Crippen LogP contribution in [0.15, 0.2) is 48.5 Å². The SMILES string of the molecule is CN(C)CC1CCOc2ccc(-c3ccccc3)cc2C1=O. The van der Waals surface area contributed by atoms with Crippen LogP contribution >= 0.6 is 0 Å². The normalized spacial score (nSPS) is 17.8. The van der Waals surface area contributed by atoms with E-state index in [1.807, 2.05) is 50.5 Å². The Hall–Kier alpha value is -2.13. The number of carbonyl (C=O) groups excluding carboxylic acids is 1. The Balaban J connectivity index is 1.98. The smallest absolute Gasteiger partial charge is 0.171 e. The molecule has 3 nitrogen and oxygen atoms in total. The molecular weight excluding hydrogens is 274 g/mol. The fraction of sp³-hybridized carbons (Fsp3) is 0.316. The monoisotopic (exact) mass is 295 g/mol. The van der Waals surface area contributed by atoms with Gasteiger partial charge in [-0.2, -0.15) is 0 Å². The highest BCUT2D eigenvalue weighted by Gasteiger charge is 2.27. The molecule has 1 atom stereocenters. The summed E-state index contributed by atoms with van der Waals surface area (Å²) in [6.45, 7) is 1.36. The first-order chi connectivity index (χ1) is 10.6. The van der Waals surface area contributed by atoms with Crippen LogP contribution in [0.3, 0.4) is 0 Å². The molecule has 0 amide bonds. The second-order valence-electron chi connectivity index (χ2n) is 6.04. The number of rotatable bonds is 3. The van der Waals surface area contributed by atoms with Crippen molar-refractivity contribution in [3.8, 4) is 16.9 Å². The van der Waals surface area contributed by atoms with Crippen LogP contribution in [0.2, 0.25) is 0 Å². The zero-order valence-corrected chi connectivity index (χ0v) is 13.1. The topological polar surface area (TPSA) is 29.5 Å². The third-order valence-corrected chi connectivity index (χ3v) is 4.03. The number of Topliss-reactive ketones (excluding diaryl/α,β-unsaturated/α-hetero) is 1. The Bertz CT molecular complexity index is 664. The van der Waals surface area contributed by atoms with Gasteiger partial charge in [0.1, 0.15) is 5.75 Å². The Kier molecular flexibility index (Phi) is 4.25. The van der Waals surface area contributed by atoms with E-state index in [2.05, 4.69) is 17.0 Å². The van der Waals surface area contributed by atoms with E-state index >= 15 is 0 Å². The molecule has 0 N–H and O–H groups in total. The molecule has 1 unspecified atom stereocenters. The van der Waals surface area contributed by atoms with Crippen LogP contribution in [-0.4, -0.2) is 37.9 Å². The lowest BCUT2D eigenvalue weighted by molar-refractivity contribution is 0.0891. The average Bonchev–Trinajstić information content (AvgIpc) is 2.68. The quantitative estimate of drug-likeness (QED) is 0.868. The van der Waals surface area contributed by atoms with Crippen molar-refractivity contribution >= 4 is 5.78 Å².